The third kappa shape index (κ3) is 4.75. The molecule has 0 aliphatic carbocycles. The van der Waals surface area contributed by atoms with Crippen molar-refractivity contribution in [1.82, 2.24) is 5.32 Å². The Balaban J connectivity index is 2.23. The van der Waals surface area contributed by atoms with E-state index in [-0.39, 0.29) is 17.7 Å². The van der Waals surface area contributed by atoms with E-state index in [0.717, 1.165) is 5.75 Å². The molecule has 0 spiro atoms. The molecular weight excluding hydrogens is 228 g/mol. The molecule has 18 heavy (non-hydrogen) atoms. The van der Waals surface area contributed by atoms with Crippen LogP contribution in [0.5, 0.6) is 5.75 Å². The maximum absolute atomic E-state index is 11.8. The molecule has 1 unspecified atom stereocenters. The summed E-state index contributed by atoms with van der Waals surface area (Å²) in [7, 11) is 0. The van der Waals surface area contributed by atoms with Crippen LogP contribution in [-0.2, 0) is 4.79 Å². The van der Waals surface area contributed by atoms with Gasteiger partial charge in [0.2, 0.25) is 5.91 Å². The lowest BCUT2D eigenvalue weighted by Crippen LogP contribution is -2.39. The molecule has 4 nitrogen and oxygen atoms in total. The van der Waals surface area contributed by atoms with Gasteiger partial charge in [0.05, 0.1) is 12.5 Å². The van der Waals surface area contributed by atoms with E-state index in [0.29, 0.717) is 19.7 Å². The zero-order valence-corrected chi connectivity index (χ0v) is 11.1. The summed E-state index contributed by atoms with van der Waals surface area (Å²) >= 11 is 0. The van der Waals surface area contributed by atoms with Gasteiger partial charge in [-0.15, -0.1) is 0 Å². The molecule has 0 fully saturated rings. The van der Waals surface area contributed by atoms with E-state index in [9.17, 15) is 4.79 Å². The minimum absolute atomic E-state index is 0.00385. The van der Waals surface area contributed by atoms with Crippen molar-refractivity contribution < 1.29 is 9.53 Å². The highest BCUT2D eigenvalue weighted by Gasteiger charge is 2.19. The number of rotatable bonds is 7. The minimum Gasteiger partial charge on any atom is -0.492 e. The lowest BCUT2D eigenvalue weighted by molar-refractivity contribution is -0.126. The van der Waals surface area contributed by atoms with Crippen LogP contribution in [0.2, 0.25) is 0 Å². The zero-order valence-electron chi connectivity index (χ0n) is 11.1. The smallest absolute Gasteiger partial charge is 0.224 e. The molecule has 0 aliphatic rings. The van der Waals surface area contributed by atoms with Crippen LogP contribution in [0.3, 0.4) is 0 Å². The molecule has 0 heterocycles. The average Bonchev–Trinajstić information content (AvgIpc) is 2.36. The number of carbonyl (C=O) groups excluding carboxylic acids is 1. The van der Waals surface area contributed by atoms with E-state index in [4.69, 9.17) is 10.5 Å². The number of amides is 1. The molecule has 3 N–H and O–H groups in total. The van der Waals surface area contributed by atoms with Crippen LogP contribution in [-0.4, -0.2) is 25.6 Å². The molecule has 0 bridgehead atoms. The first-order valence-electron chi connectivity index (χ1n) is 6.30. The highest BCUT2D eigenvalue weighted by molar-refractivity contribution is 5.79. The number of nitrogens with one attached hydrogen (secondary N) is 1. The second-order valence-electron chi connectivity index (χ2n) is 4.54. The van der Waals surface area contributed by atoms with Crippen molar-refractivity contribution in [3.8, 4) is 5.75 Å². The van der Waals surface area contributed by atoms with Crippen LogP contribution in [0, 0.1) is 11.8 Å². The largest absolute Gasteiger partial charge is 0.492 e. The summed E-state index contributed by atoms with van der Waals surface area (Å²) in [6, 6.07) is 9.54. The highest BCUT2D eigenvalue weighted by atomic mass is 16.5. The molecule has 0 aliphatic heterocycles. The van der Waals surface area contributed by atoms with E-state index in [1.165, 1.54) is 0 Å². The van der Waals surface area contributed by atoms with Gasteiger partial charge in [-0.25, -0.2) is 0 Å². The van der Waals surface area contributed by atoms with E-state index in [1.54, 1.807) is 0 Å². The first kappa shape index (κ1) is 14.5. The number of nitrogens with two attached hydrogens (primary N) is 1. The standard InChI is InChI=1S/C14H22N2O2/c1-11(2)13(10-15)14(17)16-8-9-18-12-6-4-3-5-7-12/h3-7,11,13H,8-10,15H2,1-2H3,(H,16,17). The number of ether oxygens (including phenoxy) is 1. The Morgan fingerprint density at radius 2 is 2.00 bits per heavy atom. The molecule has 4 heteroatoms. The Morgan fingerprint density at radius 3 is 2.56 bits per heavy atom. The van der Waals surface area contributed by atoms with Crippen molar-refractivity contribution in [3.05, 3.63) is 30.3 Å². The Kier molecular flexibility index (Phi) is 6.22. The fourth-order valence-electron chi connectivity index (χ4n) is 1.67. The number of carbonyl (C=O) groups is 1. The van der Waals surface area contributed by atoms with Crippen molar-refractivity contribution in [2.75, 3.05) is 19.7 Å². The Labute approximate surface area is 109 Å². The van der Waals surface area contributed by atoms with Gasteiger partial charge in [-0.2, -0.15) is 0 Å². The molecule has 0 saturated heterocycles. The van der Waals surface area contributed by atoms with Crippen molar-refractivity contribution in [2.24, 2.45) is 17.6 Å². The SMILES string of the molecule is CC(C)C(CN)C(=O)NCCOc1ccccc1. The molecule has 1 aromatic rings. The van der Waals surface area contributed by atoms with Gasteiger partial charge in [0.15, 0.2) is 0 Å². The normalized spacial score (nSPS) is 12.2. The van der Waals surface area contributed by atoms with Crippen molar-refractivity contribution in [2.45, 2.75) is 13.8 Å². The van der Waals surface area contributed by atoms with Gasteiger partial charge in [-0.3, -0.25) is 4.79 Å². The van der Waals surface area contributed by atoms with Gasteiger partial charge in [0.25, 0.3) is 0 Å². The van der Waals surface area contributed by atoms with Crippen LogP contribution in [0.15, 0.2) is 30.3 Å². The molecule has 1 atom stereocenters. The van der Waals surface area contributed by atoms with Crippen molar-refractivity contribution in [1.29, 1.82) is 0 Å². The molecule has 0 radical (unpaired) electrons. The van der Waals surface area contributed by atoms with Crippen LogP contribution in [0.25, 0.3) is 0 Å². The summed E-state index contributed by atoms with van der Waals surface area (Å²) in [6.45, 7) is 5.33. The second-order valence-corrected chi connectivity index (χ2v) is 4.54. The Bertz CT molecular complexity index is 352. The van der Waals surface area contributed by atoms with Gasteiger partial charge >= 0.3 is 0 Å². The third-order valence-electron chi connectivity index (χ3n) is 2.81. The van der Waals surface area contributed by atoms with Gasteiger partial charge in [0, 0.05) is 6.54 Å². The summed E-state index contributed by atoms with van der Waals surface area (Å²) in [6.07, 6.45) is 0. The summed E-state index contributed by atoms with van der Waals surface area (Å²) in [5.74, 6) is 0.946. The maximum atomic E-state index is 11.8. The number of para-hydroxylation sites is 1. The fraction of sp³-hybridized carbons (Fsp3) is 0.500. The second kappa shape index (κ2) is 7.71. The van der Waals surface area contributed by atoms with Crippen LogP contribution in [0.1, 0.15) is 13.8 Å². The van der Waals surface area contributed by atoms with Crippen LogP contribution in [0.4, 0.5) is 0 Å². The average molecular weight is 250 g/mol. The number of benzene rings is 1. The van der Waals surface area contributed by atoms with E-state index >= 15 is 0 Å². The molecule has 0 aromatic heterocycles. The van der Waals surface area contributed by atoms with Crippen LogP contribution >= 0.6 is 0 Å². The Hall–Kier alpha value is -1.55. The van der Waals surface area contributed by atoms with Gasteiger partial charge in [0.1, 0.15) is 12.4 Å². The maximum Gasteiger partial charge on any atom is 0.224 e. The van der Waals surface area contributed by atoms with E-state index < -0.39 is 0 Å². The first-order chi connectivity index (χ1) is 8.65. The lowest BCUT2D eigenvalue weighted by Gasteiger charge is -2.18. The first-order valence-corrected chi connectivity index (χ1v) is 6.30. The predicted molar refractivity (Wildman–Crippen MR) is 72.3 cm³/mol. The van der Waals surface area contributed by atoms with Crippen LogP contribution < -0.4 is 15.8 Å². The molecule has 1 aromatic carbocycles. The monoisotopic (exact) mass is 250 g/mol. The van der Waals surface area contributed by atoms with Gasteiger partial charge in [-0.1, -0.05) is 32.0 Å². The molecule has 1 rings (SSSR count). The van der Waals surface area contributed by atoms with Gasteiger partial charge < -0.3 is 15.8 Å². The molecule has 0 saturated carbocycles. The lowest BCUT2D eigenvalue weighted by atomic mass is 9.95. The quantitative estimate of drug-likeness (QED) is 0.719. The third-order valence-corrected chi connectivity index (χ3v) is 2.81. The highest BCUT2D eigenvalue weighted by Crippen LogP contribution is 2.09. The van der Waals surface area contributed by atoms with E-state index in [1.807, 2.05) is 44.2 Å². The topological polar surface area (TPSA) is 64.4 Å². The number of hydrogen-bond donors (Lipinski definition) is 2. The summed E-state index contributed by atoms with van der Waals surface area (Å²) < 4.78 is 5.48. The Morgan fingerprint density at radius 1 is 1.33 bits per heavy atom. The minimum atomic E-state index is -0.123. The zero-order chi connectivity index (χ0) is 13.4. The summed E-state index contributed by atoms with van der Waals surface area (Å²) in [5, 5.41) is 2.84. The summed E-state index contributed by atoms with van der Waals surface area (Å²) in [4.78, 5) is 11.8. The summed E-state index contributed by atoms with van der Waals surface area (Å²) in [5.41, 5.74) is 5.58. The number of hydrogen-bond acceptors (Lipinski definition) is 3. The fourth-order valence-corrected chi connectivity index (χ4v) is 1.67. The predicted octanol–water partition coefficient (Wildman–Crippen LogP) is 1.41. The van der Waals surface area contributed by atoms with Gasteiger partial charge in [-0.05, 0) is 18.1 Å². The molecule has 100 valence electrons. The molecule has 1 amide bonds. The van der Waals surface area contributed by atoms with Crippen molar-refractivity contribution >= 4 is 5.91 Å². The van der Waals surface area contributed by atoms with Crippen molar-refractivity contribution in [3.63, 3.8) is 0 Å². The van der Waals surface area contributed by atoms with E-state index in [2.05, 4.69) is 5.32 Å². The molecular formula is C14H22N2O2.